The van der Waals surface area contributed by atoms with Crippen molar-refractivity contribution in [1.29, 1.82) is 0 Å². The van der Waals surface area contributed by atoms with E-state index in [9.17, 15) is 0 Å². The molecule has 0 bridgehead atoms. The zero-order chi connectivity index (χ0) is 12.3. The van der Waals surface area contributed by atoms with E-state index in [0.29, 0.717) is 24.5 Å². The minimum Gasteiger partial charge on any atom is -0.381 e. The van der Waals surface area contributed by atoms with Gasteiger partial charge in [-0.2, -0.15) is 0 Å². The Morgan fingerprint density at radius 2 is 2.47 bits per heavy atom. The summed E-state index contributed by atoms with van der Waals surface area (Å²) in [5.41, 5.74) is 5.95. The van der Waals surface area contributed by atoms with Crippen LogP contribution in [0.4, 0.5) is 0 Å². The standard InChI is InChI=1S/C13H22N2OS/c1-10(13-4-3-7-17-13)15(2)12(8-14)11-5-6-16-9-11/h3-4,7,10-12H,5-6,8-9,14H2,1-2H3. The maximum Gasteiger partial charge on any atom is 0.0510 e. The summed E-state index contributed by atoms with van der Waals surface area (Å²) in [7, 11) is 2.18. The minimum atomic E-state index is 0.426. The molecular weight excluding hydrogens is 232 g/mol. The molecule has 0 aromatic carbocycles. The molecule has 1 saturated heterocycles. The number of ether oxygens (including phenoxy) is 1. The zero-order valence-electron chi connectivity index (χ0n) is 10.6. The van der Waals surface area contributed by atoms with Crippen LogP contribution in [-0.2, 0) is 4.74 Å². The molecule has 1 fully saturated rings. The van der Waals surface area contributed by atoms with Crippen LogP contribution < -0.4 is 5.73 Å². The minimum absolute atomic E-state index is 0.426. The molecule has 2 heterocycles. The molecule has 1 aliphatic rings. The number of nitrogens with zero attached hydrogens (tertiary/aromatic N) is 1. The number of hydrogen-bond donors (Lipinski definition) is 1. The fourth-order valence-corrected chi connectivity index (χ4v) is 3.40. The molecule has 96 valence electrons. The van der Waals surface area contributed by atoms with Gasteiger partial charge < -0.3 is 10.5 Å². The number of likely N-dealkylation sites (N-methyl/N-ethyl adjacent to an activating group) is 1. The van der Waals surface area contributed by atoms with Crippen LogP contribution >= 0.6 is 11.3 Å². The highest BCUT2D eigenvalue weighted by Crippen LogP contribution is 2.29. The molecule has 1 aromatic heterocycles. The van der Waals surface area contributed by atoms with E-state index in [1.54, 1.807) is 0 Å². The second kappa shape index (κ2) is 5.96. The van der Waals surface area contributed by atoms with Crippen molar-refractivity contribution in [3.63, 3.8) is 0 Å². The van der Waals surface area contributed by atoms with Crippen molar-refractivity contribution in [3.8, 4) is 0 Å². The highest BCUT2D eigenvalue weighted by molar-refractivity contribution is 7.10. The Morgan fingerprint density at radius 3 is 3.00 bits per heavy atom. The third-order valence-electron chi connectivity index (χ3n) is 3.84. The Labute approximate surface area is 108 Å². The van der Waals surface area contributed by atoms with Crippen LogP contribution in [0.5, 0.6) is 0 Å². The molecule has 1 aliphatic heterocycles. The van der Waals surface area contributed by atoms with Gasteiger partial charge in [-0.1, -0.05) is 6.07 Å². The van der Waals surface area contributed by atoms with Crippen LogP contribution in [0.3, 0.4) is 0 Å². The van der Waals surface area contributed by atoms with Gasteiger partial charge in [0, 0.05) is 36.0 Å². The summed E-state index contributed by atoms with van der Waals surface area (Å²) in [6.07, 6.45) is 1.14. The van der Waals surface area contributed by atoms with Gasteiger partial charge in [0.05, 0.1) is 6.61 Å². The highest BCUT2D eigenvalue weighted by Gasteiger charge is 2.30. The lowest BCUT2D eigenvalue weighted by Crippen LogP contribution is -2.44. The van der Waals surface area contributed by atoms with E-state index in [2.05, 4.69) is 36.4 Å². The van der Waals surface area contributed by atoms with Gasteiger partial charge in [-0.3, -0.25) is 4.90 Å². The van der Waals surface area contributed by atoms with Gasteiger partial charge in [-0.05, 0) is 31.8 Å². The first-order chi connectivity index (χ1) is 8.24. The molecule has 2 N–H and O–H groups in total. The van der Waals surface area contributed by atoms with Crippen molar-refractivity contribution in [2.75, 3.05) is 26.8 Å². The summed E-state index contributed by atoms with van der Waals surface area (Å²) in [6, 6.07) is 5.17. The molecule has 17 heavy (non-hydrogen) atoms. The summed E-state index contributed by atoms with van der Waals surface area (Å²) in [5.74, 6) is 0.590. The average molecular weight is 254 g/mol. The van der Waals surface area contributed by atoms with Gasteiger partial charge in [0.25, 0.3) is 0 Å². The van der Waals surface area contributed by atoms with Crippen LogP contribution in [0.1, 0.15) is 24.3 Å². The molecule has 0 amide bonds. The summed E-state index contributed by atoms with van der Waals surface area (Å²) in [5, 5.41) is 2.13. The topological polar surface area (TPSA) is 38.5 Å². The van der Waals surface area contributed by atoms with Crippen molar-refractivity contribution in [3.05, 3.63) is 22.4 Å². The molecule has 1 aromatic rings. The molecule has 2 rings (SSSR count). The fourth-order valence-electron chi connectivity index (χ4n) is 2.56. The van der Waals surface area contributed by atoms with Gasteiger partial charge in [0.2, 0.25) is 0 Å². The third-order valence-corrected chi connectivity index (χ3v) is 4.88. The van der Waals surface area contributed by atoms with Crippen LogP contribution in [0.25, 0.3) is 0 Å². The molecule has 3 nitrogen and oxygen atoms in total. The van der Waals surface area contributed by atoms with E-state index in [0.717, 1.165) is 19.6 Å². The number of nitrogens with two attached hydrogens (primary N) is 1. The normalized spacial score (nSPS) is 24.1. The van der Waals surface area contributed by atoms with Crippen molar-refractivity contribution in [2.45, 2.75) is 25.4 Å². The number of thiophene rings is 1. The quantitative estimate of drug-likeness (QED) is 0.874. The van der Waals surface area contributed by atoms with Crippen molar-refractivity contribution in [2.24, 2.45) is 11.7 Å². The average Bonchev–Trinajstić information content (AvgIpc) is 3.01. The summed E-state index contributed by atoms with van der Waals surface area (Å²) >= 11 is 1.82. The maximum atomic E-state index is 5.95. The molecular formula is C13H22N2OS. The predicted molar refractivity (Wildman–Crippen MR) is 72.3 cm³/mol. The van der Waals surface area contributed by atoms with Gasteiger partial charge in [-0.15, -0.1) is 11.3 Å². The lowest BCUT2D eigenvalue weighted by atomic mass is 9.96. The smallest absolute Gasteiger partial charge is 0.0510 e. The Bertz CT molecular complexity index is 322. The van der Waals surface area contributed by atoms with Crippen molar-refractivity contribution < 1.29 is 4.74 Å². The van der Waals surface area contributed by atoms with Gasteiger partial charge >= 0.3 is 0 Å². The molecule has 0 saturated carbocycles. The summed E-state index contributed by atoms with van der Waals surface area (Å²) < 4.78 is 5.48. The van der Waals surface area contributed by atoms with E-state index >= 15 is 0 Å². The highest BCUT2D eigenvalue weighted by atomic mass is 32.1. The second-order valence-corrected chi connectivity index (χ2v) is 5.76. The maximum absolute atomic E-state index is 5.95. The van der Waals surface area contributed by atoms with Gasteiger partial charge in [0.15, 0.2) is 0 Å². The second-order valence-electron chi connectivity index (χ2n) is 4.78. The fraction of sp³-hybridized carbons (Fsp3) is 0.692. The first kappa shape index (κ1) is 13.0. The van der Waals surface area contributed by atoms with Gasteiger partial charge in [0.1, 0.15) is 0 Å². The predicted octanol–water partition coefficient (Wildman–Crippen LogP) is 2.10. The molecule has 3 atom stereocenters. The van der Waals surface area contributed by atoms with Gasteiger partial charge in [-0.25, -0.2) is 0 Å². The third kappa shape index (κ3) is 2.88. The van der Waals surface area contributed by atoms with E-state index < -0.39 is 0 Å². The monoisotopic (exact) mass is 254 g/mol. The van der Waals surface area contributed by atoms with Crippen LogP contribution in [-0.4, -0.2) is 37.7 Å². The Balaban J connectivity index is 2.03. The Hall–Kier alpha value is -0.420. The van der Waals surface area contributed by atoms with E-state index in [-0.39, 0.29) is 0 Å². The van der Waals surface area contributed by atoms with Crippen LogP contribution in [0.15, 0.2) is 17.5 Å². The molecule has 0 spiro atoms. The lowest BCUT2D eigenvalue weighted by molar-refractivity contribution is 0.116. The van der Waals surface area contributed by atoms with E-state index in [4.69, 9.17) is 10.5 Å². The lowest BCUT2D eigenvalue weighted by Gasteiger charge is -2.35. The molecule has 0 aliphatic carbocycles. The van der Waals surface area contributed by atoms with Crippen LogP contribution in [0.2, 0.25) is 0 Å². The molecule has 4 heteroatoms. The summed E-state index contributed by atoms with van der Waals surface area (Å²) in [4.78, 5) is 3.82. The largest absolute Gasteiger partial charge is 0.381 e. The summed E-state index contributed by atoms with van der Waals surface area (Å²) in [6.45, 7) is 4.72. The van der Waals surface area contributed by atoms with Crippen LogP contribution in [0, 0.1) is 5.92 Å². The SMILES string of the molecule is CC(c1cccs1)N(C)C(CN)C1CCOC1. The Morgan fingerprint density at radius 1 is 1.65 bits per heavy atom. The van der Waals surface area contributed by atoms with E-state index in [1.807, 2.05) is 11.3 Å². The first-order valence-corrected chi connectivity index (χ1v) is 7.15. The molecule has 3 unspecified atom stereocenters. The van der Waals surface area contributed by atoms with Crippen molar-refractivity contribution in [1.82, 2.24) is 4.90 Å². The van der Waals surface area contributed by atoms with E-state index in [1.165, 1.54) is 4.88 Å². The number of hydrogen-bond acceptors (Lipinski definition) is 4. The Kier molecular flexibility index (Phi) is 4.56. The first-order valence-electron chi connectivity index (χ1n) is 6.27. The van der Waals surface area contributed by atoms with Crippen molar-refractivity contribution >= 4 is 11.3 Å². The molecule has 0 radical (unpaired) electrons. The zero-order valence-corrected chi connectivity index (χ0v) is 11.5. The number of rotatable bonds is 5.